The van der Waals surface area contributed by atoms with E-state index in [0.29, 0.717) is 13.2 Å². The number of aldehydes is 1. The minimum atomic E-state index is -0.143. The molecule has 2 unspecified atom stereocenters. The van der Waals surface area contributed by atoms with Crippen molar-refractivity contribution in [1.82, 2.24) is 4.90 Å². The highest BCUT2D eigenvalue weighted by Crippen LogP contribution is 2.18. The van der Waals surface area contributed by atoms with E-state index in [1.807, 2.05) is 24.3 Å². The predicted molar refractivity (Wildman–Crippen MR) is 68.7 cm³/mol. The van der Waals surface area contributed by atoms with Crippen molar-refractivity contribution in [3.05, 3.63) is 29.8 Å². The summed E-state index contributed by atoms with van der Waals surface area (Å²) in [6, 6.07) is 8.06. The Labute approximate surface area is 107 Å². The summed E-state index contributed by atoms with van der Waals surface area (Å²) in [4.78, 5) is 13.2. The second-order valence-corrected chi connectivity index (χ2v) is 4.61. The van der Waals surface area contributed by atoms with Crippen molar-refractivity contribution >= 4 is 6.29 Å². The van der Waals surface area contributed by atoms with Gasteiger partial charge in [0.05, 0.1) is 26.4 Å². The maximum absolute atomic E-state index is 11.1. The van der Waals surface area contributed by atoms with E-state index in [9.17, 15) is 4.79 Å². The van der Waals surface area contributed by atoms with Crippen LogP contribution in [-0.2, 0) is 16.1 Å². The van der Waals surface area contributed by atoms with Gasteiger partial charge in [0, 0.05) is 12.6 Å². The molecular weight excluding hydrogens is 230 g/mol. The van der Waals surface area contributed by atoms with Crippen molar-refractivity contribution in [1.29, 1.82) is 0 Å². The van der Waals surface area contributed by atoms with Crippen LogP contribution in [0.3, 0.4) is 0 Å². The molecule has 0 amide bonds. The van der Waals surface area contributed by atoms with Crippen LogP contribution in [-0.4, -0.2) is 43.6 Å². The van der Waals surface area contributed by atoms with Gasteiger partial charge in [-0.2, -0.15) is 0 Å². The van der Waals surface area contributed by atoms with Crippen LogP contribution in [0, 0.1) is 0 Å². The number of carbonyl (C=O) groups is 1. The van der Waals surface area contributed by atoms with Gasteiger partial charge >= 0.3 is 0 Å². The lowest BCUT2D eigenvalue weighted by atomic mass is 10.1. The Hall–Kier alpha value is -1.39. The average molecular weight is 249 g/mol. The third-order valence-corrected chi connectivity index (χ3v) is 3.32. The fraction of sp³-hybridized carbons (Fsp3) is 0.500. The SMILES string of the molecule is COc1ccc(CN2C(C)COCC2C=O)cc1. The van der Waals surface area contributed by atoms with Crippen molar-refractivity contribution in [2.75, 3.05) is 20.3 Å². The molecule has 0 spiro atoms. The second-order valence-electron chi connectivity index (χ2n) is 4.61. The smallest absolute Gasteiger partial charge is 0.139 e. The third-order valence-electron chi connectivity index (χ3n) is 3.32. The lowest BCUT2D eigenvalue weighted by Gasteiger charge is -2.37. The van der Waals surface area contributed by atoms with Crippen molar-refractivity contribution in [3.8, 4) is 5.75 Å². The molecule has 0 N–H and O–H groups in total. The topological polar surface area (TPSA) is 38.8 Å². The maximum atomic E-state index is 11.1. The molecule has 98 valence electrons. The number of nitrogens with zero attached hydrogens (tertiary/aromatic N) is 1. The van der Waals surface area contributed by atoms with Gasteiger partial charge in [0.1, 0.15) is 12.0 Å². The van der Waals surface area contributed by atoms with E-state index in [1.165, 1.54) is 5.56 Å². The molecule has 2 atom stereocenters. The molecule has 1 aliphatic heterocycles. The fourth-order valence-corrected chi connectivity index (χ4v) is 2.21. The van der Waals surface area contributed by atoms with E-state index in [0.717, 1.165) is 18.6 Å². The number of methoxy groups -OCH3 is 1. The molecule has 1 aromatic carbocycles. The van der Waals surface area contributed by atoms with Gasteiger partial charge in [0.15, 0.2) is 0 Å². The summed E-state index contributed by atoms with van der Waals surface area (Å²) in [5, 5.41) is 0. The average Bonchev–Trinajstić information content (AvgIpc) is 2.42. The van der Waals surface area contributed by atoms with Gasteiger partial charge in [-0.3, -0.25) is 4.90 Å². The van der Waals surface area contributed by atoms with E-state index in [4.69, 9.17) is 9.47 Å². The summed E-state index contributed by atoms with van der Waals surface area (Å²) in [6.45, 7) is 4.02. The van der Waals surface area contributed by atoms with E-state index in [-0.39, 0.29) is 12.1 Å². The van der Waals surface area contributed by atoms with Crippen molar-refractivity contribution in [2.45, 2.75) is 25.6 Å². The molecule has 0 radical (unpaired) electrons. The normalized spacial score (nSPS) is 24.8. The molecule has 1 saturated heterocycles. The number of hydrogen-bond acceptors (Lipinski definition) is 4. The Morgan fingerprint density at radius 1 is 1.39 bits per heavy atom. The molecular formula is C14H19NO3. The first-order valence-electron chi connectivity index (χ1n) is 6.16. The van der Waals surface area contributed by atoms with Gasteiger partial charge in [-0.05, 0) is 24.6 Å². The zero-order valence-corrected chi connectivity index (χ0v) is 10.8. The molecule has 0 aromatic heterocycles. The van der Waals surface area contributed by atoms with Crippen molar-refractivity contribution < 1.29 is 14.3 Å². The summed E-state index contributed by atoms with van der Waals surface area (Å²) in [7, 11) is 1.65. The third kappa shape index (κ3) is 2.89. The van der Waals surface area contributed by atoms with Gasteiger partial charge < -0.3 is 14.3 Å². The summed E-state index contributed by atoms with van der Waals surface area (Å²) < 4.78 is 10.5. The maximum Gasteiger partial charge on any atom is 0.139 e. The van der Waals surface area contributed by atoms with Gasteiger partial charge in [-0.15, -0.1) is 0 Å². The molecule has 1 aliphatic rings. The van der Waals surface area contributed by atoms with Crippen LogP contribution in [0.1, 0.15) is 12.5 Å². The number of hydrogen-bond donors (Lipinski definition) is 0. The van der Waals surface area contributed by atoms with E-state index >= 15 is 0 Å². The number of carbonyl (C=O) groups excluding carboxylic acids is 1. The zero-order chi connectivity index (χ0) is 13.0. The Morgan fingerprint density at radius 2 is 2.11 bits per heavy atom. The Morgan fingerprint density at radius 3 is 2.72 bits per heavy atom. The molecule has 0 bridgehead atoms. The predicted octanol–water partition coefficient (Wildman–Crippen LogP) is 1.48. The summed E-state index contributed by atoms with van der Waals surface area (Å²) >= 11 is 0. The number of benzene rings is 1. The Balaban J connectivity index is 2.07. The summed E-state index contributed by atoms with van der Waals surface area (Å²) in [6.07, 6.45) is 0.971. The quantitative estimate of drug-likeness (QED) is 0.758. The van der Waals surface area contributed by atoms with Gasteiger partial charge in [0.2, 0.25) is 0 Å². The van der Waals surface area contributed by atoms with Crippen LogP contribution in [0.4, 0.5) is 0 Å². The number of morpholine rings is 1. The highest BCUT2D eigenvalue weighted by Gasteiger charge is 2.28. The summed E-state index contributed by atoms with van der Waals surface area (Å²) in [5.41, 5.74) is 1.18. The molecule has 0 aliphatic carbocycles. The van der Waals surface area contributed by atoms with Gasteiger partial charge in [-0.25, -0.2) is 0 Å². The van der Waals surface area contributed by atoms with Crippen LogP contribution in [0.15, 0.2) is 24.3 Å². The highest BCUT2D eigenvalue weighted by atomic mass is 16.5. The van der Waals surface area contributed by atoms with E-state index in [1.54, 1.807) is 7.11 Å². The van der Waals surface area contributed by atoms with E-state index < -0.39 is 0 Å². The first-order chi connectivity index (χ1) is 8.74. The second kappa shape index (κ2) is 5.98. The first-order valence-corrected chi connectivity index (χ1v) is 6.16. The molecule has 1 aromatic rings. The molecule has 1 heterocycles. The molecule has 18 heavy (non-hydrogen) atoms. The Kier molecular flexibility index (Phi) is 4.33. The monoisotopic (exact) mass is 249 g/mol. The van der Waals surface area contributed by atoms with Crippen molar-refractivity contribution in [3.63, 3.8) is 0 Å². The molecule has 1 fully saturated rings. The van der Waals surface area contributed by atoms with Crippen molar-refractivity contribution in [2.24, 2.45) is 0 Å². The molecule has 4 heteroatoms. The minimum Gasteiger partial charge on any atom is -0.497 e. The number of rotatable bonds is 4. The number of ether oxygens (including phenoxy) is 2. The minimum absolute atomic E-state index is 0.143. The molecule has 4 nitrogen and oxygen atoms in total. The van der Waals surface area contributed by atoms with Gasteiger partial charge in [0.25, 0.3) is 0 Å². The zero-order valence-electron chi connectivity index (χ0n) is 10.8. The van der Waals surface area contributed by atoms with E-state index in [2.05, 4.69) is 11.8 Å². The van der Waals surface area contributed by atoms with Crippen LogP contribution in [0.5, 0.6) is 5.75 Å². The Bertz CT molecular complexity index is 391. The largest absolute Gasteiger partial charge is 0.497 e. The molecule has 2 rings (SSSR count). The van der Waals surface area contributed by atoms with Gasteiger partial charge in [-0.1, -0.05) is 12.1 Å². The fourth-order valence-electron chi connectivity index (χ4n) is 2.21. The molecule has 0 saturated carbocycles. The summed E-state index contributed by atoms with van der Waals surface area (Å²) in [5.74, 6) is 0.848. The van der Waals surface area contributed by atoms with Crippen LogP contribution in [0.2, 0.25) is 0 Å². The standard InChI is InChI=1S/C14H19NO3/c1-11-9-18-10-13(8-16)15(11)7-12-3-5-14(17-2)6-4-12/h3-6,8,11,13H,7,9-10H2,1-2H3. The lowest BCUT2D eigenvalue weighted by molar-refractivity contribution is -0.122. The first kappa shape index (κ1) is 13.1. The lowest BCUT2D eigenvalue weighted by Crippen LogP contribution is -2.51. The van der Waals surface area contributed by atoms with Crippen LogP contribution in [0.25, 0.3) is 0 Å². The highest BCUT2D eigenvalue weighted by molar-refractivity contribution is 5.58. The van der Waals surface area contributed by atoms with Crippen LogP contribution >= 0.6 is 0 Å². The van der Waals surface area contributed by atoms with Crippen LogP contribution < -0.4 is 4.74 Å².